The van der Waals surface area contributed by atoms with Gasteiger partial charge in [0.1, 0.15) is 6.10 Å². The van der Waals surface area contributed by atoms with Gasteiger partial charge in [-0.05, 0) is 25.5 Å². The molecule has 0 amide bonds. The first-order valence-corrected chi connectivity index (χ1v) is 8.83. The van der Waals surface area contributed by atoms with E-state index in [0.29, 0.717) is 26.1 Å². The molecule has 1 atom stereocenters. The predicted octanol–water partition coefficient (Wildman–Crippen LogP) is 1.54. The zero-order valence-corrected chi connectivity index (χ0v) is 13.6. The summed E-state index contributed by atoms with van der Waals surface area (Å²) in [5.41, 5.74) is 2.61. The zero-order valence-electron chi connectivity index (χ0n) is 12.8. The van der Waals surface area contributed by atoms with Gasteiger partial charge in [0, 0.05) is 31.5 Å². The second-order valence-electron chi connectivity index (χ2n) is 5.21. The lowest BCUT2D eigenvalue weighted by atomic mass is 10.1. The fraction of sp³-hybridized carbons (Fsp3) is 0.643. The third-order valence-corrected chi connectivity index (χ3v) is 5.52. The van der Waals surface area contributed by atoms with Crippen LogP contribution in [-0.2, 0) is 14.8 Å². The summed E-state index contributed by atoms with van der Waals surface area (Å²) in [7, 11) is -1.34. The van der Waals surface area contributed by atoms with E-state index < -0.39 is 10.0 Å². The fourth-order valence-electron chi connectivity index (χ4n) is 2.45. The van der Waals surface area contributed by atoms with Crippen molar-refractivity contribution in [3.63, 3.8) is 0 Å². The maximum absolute atomic E-state index is 12.2. The quantitative estimate of drug-likeness (QED) is 0.893. The molecule has 0 radical (unpaired) electrons. The van der Waals surface area contributed by atoms with Crippen molar-refractivity contribution in [3.8, 4) is 0 Å². The number of rotatable bonds is 5. The van der Waals surface area contributed by atoms with Crippen molar-refractivity contribution >= 4 is 15.7 Å². The smallest absolute Gasteiger partial charge is 0.214 e. The van der Waals surface area contributed by atoms with Crippen molar-refractivity contribution in [2.45, 2.75) is 26.4 Å². The van der Waals surface area contributed by atoms with E-state index in [1.165, 1.54) is 4.31 Å². The molecule has 0 aliphatic carbocycles. The minimum atomic E-state index is -3.19. The van der Waals surface area contributed by atoms with Crippen LogP contribution in [0.25, 0.3) is 0 Å². The standard InChI is InChI=1S/C14H23N3O3S/c1-4-7-21(18,19)17-5-6-20-14(10-17)13-9-12(15-3)8-11(2)16-13/h8-9,14H,4-7,10H2,1-3H3,(H,15,16). The van der Waals surface area contributed by atoms with Gasteiger partial charge in [0.25, 0.3) is 0 Å². The predicted molar refractivity (Wildman–Crippen MR) is 82.9 cm³/mol. The second kappa shape index (κ2) is 6.72. The van der Waals surface area contributed by atoms with Crippen LogP contribution in [0, 0.1) is 6.92 Å². The second-order valence-corrected chi connectivity index (χ2v) is 7.29. The third-order valence-electron chi connectivity index (χ3n) is 3.48. The van der Waals surface area contributed by atoms with E-state index in [-0.39, 0.29) is 11.9 Å². The van der Waals surface area contributed by atoms with Crippen LogP contribution in [-0.4, -0.2) is 50.2 Å². The molecule has 1 aromatic rings. The fourth-order valence-corrected chi connectivity index (χ4v) is 3.94. The van der Waals surface area contributed by atoms with Gasteiger partial charge < -0.3 is 10.1 Å². The lowest BCUT2D eigenvalue weighted by Crippen LogP contribution is -2.43. The average molecular weight is 313 g/mol. The highest BCUT2D eigenvalue weighted by Crippen LogP contribution is 2.25. The van der Waals surface area contributed by atoms with Crippen LogP contribution in [0.5, 0.6) is 0 Å². The molecule has 0 saturated carbocycles. The van der Waals surface area contributed by atoms with E-state index in [2.05, 4.69) is 10.3 Å². The Bertz CT molecular complexity index is 589. The molecule has 7 heteroatoms. The number of hydrogen-bond acceptors (Lipinski definition) is 5. The minimum Gasteiger partial charge on any atom is -0.388 e. The van der Waals surface area contributed by atoms with Crippen molar-refractivity contribution < 1.29 is 13.2 Å². The van der Waals surface area contributed by atoms with Crippen LogP contribution < -0.4 is 5.32 Å². The van der Waals surface area contributed by atoms with Gasteiger partial charge in [-0.15, -0.1) is 0 Å². The highest BCUT2D eigenvalue weighted by molar-refractivity contribution is 7.89. The Hall–Kier alpha value is -1.18. The van der Waals surface area contributed by atoms with Crippen LogP contribution in [0.3, 0.4) is 0 Å². The summed E-state index contributed by atoms with van der Waals surface area (Å²) in [4.78, 5) is 4.48. The molecular formula is C14H23N3O3S. The topological polar surface area (TPSA) is 71.5 Å². The molecule has 1 N–H and O–H groups in total. The van der Waals surface area contributed by atoms with Gasteiger partial charge in [0.2, 0.25) is 10.0 Å². The van der Waals surface area contributed by atoms with Crippen molar-refractivity contribution in [2.75, 3.05) is 37.8 Å². The number of hydrogen-bond donors (Lipinski definition) is 1. The molecule has 1 aliphatic heterocycles. The van der Waals surface area contributed by atoms with Crippen LogP contribution >= 0.6 is 0 Å². The van der Waals surface area contributed by atoms with E-state index in [4.69, 9.17) is 4.74 Å². The minimum absolute atomic E-state index is 0.183. The Morgan fingerprint density at radius 2 is 2.24 bits per heavy atom. The molecule has 0 spiro atoms. The summed E-state index contributed by atoms with van der Waals surface area (Å²) < 4.78 is 31.6. The number of aryl methyl sites for hydroxylation is 1. The molecule has 1 aromatic heterocycles. The first-order valence-electron chi connectivity index (χ1n) is 7.22. The maximum Gasteiger partial charge on any atom is 0.214 e. The molecule has 0 bridgehead atoms. The van der Waals surface area contributed by atoms with Crippen LogP contribution in [0.15, 0.2) is 12.1 Å². The molecule has 1 fully saturated rings. The highest BCUT2D eigenvalue weighted by atomic mass is 32.2. The van der Waals surface area contributed by atoms with E-state index in [9.17, 15) is 8.42 Å². The summed E-state index contributed by atoms with van der Waals surface area (Å²) in [6.45, 7) is 4.94. The van der Waals surface area contributed by atoms with Gasteiger partial charge >= 0.3 is 0 Å². The maximum atomic E-state index is 12.2. The monoisotopic (exact) mass is 313 g/mol. The number of sulfonamides is 1. The molecule has 21 heavy (non-hydrogen) atoms. The van der Waals surface area contributed by atoms with Crippen LogP contribution in [0.4, 0.5) is 5.69 Å². The number of pyridine rings is 1. The first kappa shape index (κ1) is 16.2. The Labute approximate surface area is 126 Å². The van der Waals surface area contributed by atoms with Crippen molar-refractivity contribution in [1.82, 2.24) is 9.29 Å². The van der Waals surface area contributed by atoms with Crippen molar-refractivity contribution in [2.24, 2.45) is 0 Å². The Morgan fingerprint density at radius 1 is 1.48 bits per heavy atom. The Kier molecular flexibility index (Phi) is 5.18. The molecule has 2 rings (SSSR count). The average Bonchev–Trinajstić information content (AvgIpc) is 2.46. The van der Waals surface area contributed by atoms with Gasteiger partial charge in [0.05, 0.1) is 18.1 Å². The summed E-state index contributed by atoms with van der Waals surface area (Å²) in [5.74, 6) is 0.183. The van der Waals surface area contributed by atoms with Gasteiger partial charge in [-0.25, -0.2) is 8.42 Å². The molecular weight excluding hydrogens is 290 g/mol. The molecule has 6 nitrogen and oxygen atoms in total. The molecule has 2 heterocycles. The van der Waals surface area contributed by atoms with Gasteiger partial charge in [-0.2, -0.15) is 4.31 Å². The van der Waals surface area contributed by atoms with E-state index in [0.717, 1.165) is 17.1 Å². The lowest BCUT2D eigenvalue weighted by molar-refractivity contribution is -0.00495. The number of nitrogens with one attached hydrogen (secondary N) is 1. The molecule has 1 aliphatic rings. The van der Waals surface area contributed by atoms with E-state index in [1.54, 1.807) is 0 Å². The summed E-state index contributed by atoms with van der Waals surface area (Å²) in [6.07, 6.45) is 0.314. The summed E-state index contributed by atoms with van der Waals surface area (Å²) >= 11 is 0. The zero-order chi connectivity index (χ0) is 15.5. The summed E-state index contributed by atoms with van der Waals surface area (Å²) in [6, 6.07) is 3.85. The number of anilines is 1. The molecule has 1 saturated heterocycles. The third kappa shape index (κ3) is 3.93. The highest BCUT2D eigenvalue weighted by Gasteiger charge is 2.30. The first-order chi connectivity index (χ1) is 9.96. The number of ether oxygens (including phenoxy) is 1. The molecule has 0 aromatic carbocycles. The van der Waals surface area contributed by atoms with Gasteiger partial charge in [-0.3, -0.25) is 4.98 Å². The normalized spacial score (nSPS) is 20.4. The summed E-state index contributed by atoms with van der Waals surface area (Å²) in [5, 5.41) is 3.08. The lowest BCUT2D eigenvalue weighted by Gasteiger charge is -2.32. The van der Waals surface area contributed by atoms with E-state index >= 15 is 0 Å². The SMILES string of the molecule is CCCS(=O)(=O)N1CCOC(c2cc(NC)cc(C)n2)C1. The number of morpholine rings is 1. The largest absolute Gasteiger partial charge is 0.388 e. The van der Waals surface area contributed by atoms with E-state index in [1.807, 2.05) is 33.0 Å². The number of aromatic nitrogens is 1. The van der Waals surface area contributed by atoms with Gasteiger partial charge in [0.15, 0.2) is 0 Å². The molecule has 118 valence electrons. The van der Waals surface area contributed by atoms with Crippen LogP contribution in [0.2, 0.25) is 0 Å². The van der Waals surface area contributed by atoms with Crippen molar-refractivity contribution in [1.29, 1.82) is 0 Å². The van der Waals surface area contributed by atoms with Gasteiger partial charge in [-0.1, -0.05) is 6.92 Å². The Balaban J connectivity index is 2.20. The number of nitrogens with zero attached hydrogens (tertiary/aromatic N) is 2. The van der Waals surface area contributed by atoms with Crippen LogP contribution in [0.1, 0.15) is 30.8 Å². The Morgan fingerprint density at radius 3 is 2.90 bits per heavy atom. The molecule has 1 unspecified atom stereocenters. The van der Waals surface area contributed by atoms with Crippen molar-refractivity contribution in [3.05, 3.63) is 23.5 Å².